The molecule has 1 heteroatoms. The molecule has 1 N–H and O–H groups in total. The minimum absolute atomic E-state index is 0.322. The second-order valence-electron chi connectivity index (χ2n) is 4.70. The molecule has 1 nitrogen and oxygen atoms in total. The lowest BCUT2D eigenvalue weighted by molar-refractivity contribution is 0.475. The molecule has 0 unspecified atom stereocenters. The predicted octanol–water partition coefficient (Wildman–Crippen LogP) is 5.97. The lowest BCUT2D eigenvalue weighted by Crippen LogP contribution is -1.66. The van der Waals surface area contributed by atoms with Crippen molar-refractivity contribution in [2.24, 2.45) is 0 Å². The maximum atomic E-state index is 8.63. The summed E-state index contributed by atoms with van der Waals surface area (Å²) in [5, 5.41) is 8.63. The molecule has 0 fully saturated rings. The van der Waals surface area contributed by atoms with Gasteiger partial charge >= 0.3 is 0 Å². The second kappa shape index (κ2) is 13.7. The number of benzene rings is 2. The van der Waals surface area contributed by atoms with Gasteiger partial charge in [0.05, 0.1) is 0 Å². The normalized spacial score (nSPS) is 8.75. The van der Waals surface area contributed by atoms with Gasteiger partial charge in [-0.15, -0.1) is 0 Å². The Labute approximate surface area is 124 Å². The molecule has 0 aliphatic rings. The lowest BCUT2D eigenvalue weighted by Gasteiger charge is -1.86. The van der Waals surface area contributed by atoms with Crippen LogP contribution in [0.3, 0.4) is 0 Å². The van der Waals surface area contributed by atoms with Crippen molar-refractivity contribution >= 4 is 0 Å². The van der Waals surface area contributed by atoms with Crippen molar-refractivity contribution < 1.29 is 5.11 Å². The Morgan fingerprint density at radius 1 is 0.700 bits per heavy atom. The van der Waals surface area contributed by atoms with Gasteiger partial charge < -0.3 is 5.11 Å². The third-order valence-corrected chi connectivity index (χ3v) is 2.65. The van der Waals surface area contributed by atoms with Gasteiger partial charge in [0.25, 0.3) is 0 Å². The summed E-state index contributed by atoms with van der Waals surface area (Å²) in [6.07, 6.45) is 5.54. The molecule has 110 valence electrons. The molecular formula is C19H28O. The SMILES string of the molecule is CCCCCC.Cc1ccccc1.Oc1ccccc1. The Morgan fingerprint density at radius 2 is 1.10 bits per heavy atom. The largest absolute Gasteiger partial charge is 0.508 e. The monoisotopic (exact) mass is 272 g/mol. The Bertz CT molecular complexity index is 353. The number of para-hydroxylation sites is 1. The van der Waals surface area contributed by atoms with E-state index in [0.29, 0.717) is 5.75 Å². The molecule has 0 heterocycles. The van der Waals surface area contributed by atoms with Crippen LogP contribution in [0.1, 0.15) is 45.1 Å². The zero-order valence-electron chi connectivity index (χ0n) is 13.0. The van der Waals surface area contributed by atoms with Crippen LogP contribution < -0.4 is 0 Å². The molecule has 0 bridgehead atoms. The van der Waals surface area contributed by atoms with Crippen molar-refractivity contribution in [1.29, 1.82) is 0 Å². The minimum Gasteiger partial charge on any atom is -0.508 e. The molecule has 0 aromatic heterocycles. The smallest absolute Gasteiger partial charge is 0.115 e. The number of aromatic hydroxyl groups is 1. The van der Waals surface area contributed by atoms with Crippen molar-refractivity contribution in [1.82, 2.24) is 0 Å². The molecule has 0 atom stereocenters. The van der Waals surface area contributed by atoms with E-state index in [2.05, 4.69) is 32.9 Å². The van der Waals surface area contributed by atoms with Gasteiger partial charge in [-0.05, 0) is 19.1 Å². The molecular weight excluding hydrogens is 244 g/mol. The highest BCUT2D eigenvalue weighted by atomic mass is 16.3. The average molecular weight is 272 g/mol. The number of unbranched alkanes of at least 4 members (excludes halogenated alkanes) is 3. The van der Waals surface area contributed by atoms with Crippen molar-refractivity contribution in [3.63, 3.8) is 0 Å². The summed E-state index contributed by atoms with van der Waals surface area (Å²) in [7, 11) is 0. The van der Waals surface area contributed by atoms with Gasteiger partial charge in [-0.3, -0.25) is 0 Å². The van der Waals surface area contributed by atoms with E-state index in [1.165, 1.54) is 31.2 Å². The van der Waals surface area contributed by atoms with Crippen molar-refractivity contribution in [3.05, 3.63) is 66.2 Å². The van der Waals surface area contributed by atoms with Gasteiger partial charge in [-0.1, -0.05) is 93.6 Å². The van der Waals surface area contributed by atoms with E-state index in [0.717, 1.165) is 0 Å². The highest BCUT2D eigenvalue weighted by Crippen LogP contribution is 2.02. The van der Waals surface area contributed by atoms with E-state index in [9.17, 15) is 0 Å². The Morgan fingerprint density at radius 3 is 1.30 bits per heavy atom. The molecule has 2 aromatic rings. The van der Waals surface area contributed by atoms with Gasteiger partial charge in [0.1, 0.15) is 5.75 Å². The third-order valence-electron chi connectivity index (χ3n) is 2.65. The first-order valence-corrected chi connectivity index (χ1v) is 7.46. The number of hydrogen-bond donors (Lipinski definition) is 1. The van der Waals surface area contributed by atoms with Crippen LogP contribution >= 0.6 is 0 Å². The average Bonchev–Trinajstić information content (AvgIpc) is 2.48. The Hall–Kier alpha value is -1.76. The zero-order valence-corrected chi connectivity index (χ0v) is 13.0. The van der Waals surface area contributed by atoms with Gasteiger partial charge in [-0.2, -0.15) is 0 Å². The molecule has 0 aliphatic carbocycles. The molecule has 0 saturated carbocycles. The van der Waals surface area contributed by atoms with Gasteiger partial charge in [0.15, 0.2) is 0 Å². The predicted molar refractivity (Wildman–Crippen MR) is 89.1 cm³/mol. The van der Waals surface area contributed by atoms with Gasteiger partial charge in [0, 0.05) is 0 Å². The maximum Gasteiger partial charge on any atom is 0.115 e. The van der Waals surface area contributed by atoms with E-state index in [1.54, 1.807) is 24.3 Å². The summed E-state index contributed by atoms with van der Waals surface area (Å²) in [5.74, 6) is 0.322. The lowest BCUT2D eigenvalue weighted by atomic mass is 10.2. The highest BCUT2D eigenvalue weighted by molar-refractivity contribution is 5.18. The molecule has 0 amide bonds. The summed E-state index contributed by atoms with van der Waals surface area (Å²) < 4.78 is 0. The van der Waals surface area contributed by atoms with E-state index >= 15 is 0 Å². The summed E-state index contributed by atoms with van der Waals surface area (Å²) in [6, 6.07) is 19.0. The quantitative estimate of drug-likeness (QED) is 0.682. The van der Waals surface area contributed by atoms with Crippen LogP contribution in [0.15, 0.2) is 60.7 Å². The summed E-state index contributed by atoms with van der Waals surface area (Å²) in [4.78, 5) is 0. The van der Waals surface area contributed by atoms with E-state index in [-0.39, 0.29) is 0 Å². The summed E-state index contributed by atoms with van der Waals surface area (Å²) in [6.45, 7) is 6.55. The summed E-state index contributed by atoms with van der Waals surface area (Å²) in [5.41, 5.74) is 1.32. The van der Waals surface area contributed by atoms with Gasteiger partial charge in [0.2, 0.25) is 0 Å². The van der Waals surface area contributed by atoms with Crippen LogP contribution in [0.25, 0.3) is 0 Å². The van der Waals surface area contributed by atoms with E-state index in [4.69, 9.17) is 5.11 Å². The second-order valence-corrected chi connectivity index (χ2v) is 4.70. The summed E-state index contributed by atoms with van der Waals surface area (Å²) >= 11 is 0. The fourth-order valence-electron chi connectivity index (χ4n) is 1.46. The minimum atomic E-state index is 0.322. The van der Waals surface area contributed by atoms with E-state index in [1.807, 2.05) is 24.3 Å². The van der Waals surface area contributed by atoms with Crippen LogP contribution in [0.2, 0.25) is 0 Å². The molecule has 0 spiro atoms. The van der Waals surface area contributed by atoms with Crippen LogP contribution in [0.5, 0.6) is 5.75 Å². The van der Waals surface area contributed by atoms with Crippen LogP contribution in [-0.4, -0.2) is 5.11 Å². The zero-order chi connectivity index (χ0) is 15.1. The van der Waals surface area contributed by atoms with Crippen molar-refractivity contribution in [2.45, 2.75) is 46.5 Å². The van der Waals surface area contributed by atoms with Crippen LogP contribution in [-0.2, 0) is 0 Å². The molecule has 2 rings (SSSR count). The number of phenolic OH excluding ortho intramolecular Hbond substituents is 1. The first-order chi connectivity index (χ1) is 9.70. The topological polar surface area (TPSA) is 20.2 Å². The number of hydrogen-bond acceptors (Lipinski definition) is 1. The molecule has 0 radical (unpaired) electrons. The van der Waals surface area contributed by atoms with E-state index < -0.39 is 0 Å². The maximum absolute atomic E-state index is 8.63. The first-order valence-electron chi connectivity index (χ1n) is 7.46. The van der Waals surface area contributed by atoms with Gasteiger partial charge in [-0.25, -0.2) is 0 Å². The number of rotatable bonds is 3. The fraction of sp³-hybridized carbons (Fsp3) is 0.368. The molecule has 0 saturated heterocycles. The molecule has 0 aliphatic heterocycles. The standard InChI is InChI=1S/C7H8.C6H6O.C6H14/c1-7-5-3-2-4-6-7;7-6-4-2-1-3-5-6;1-3-5-6-4-2/h2-6H,1H3;1-5,7H;3-6H2,1-2H3. The first kappa shape index (κ1) is 18.2. The van der Waals surface area contributed by atoms with Crippen LogP contribution in [0.4, 0.5) is 0 Å². The van der Waals surface area contributed by atoms with Crippen molar-refractivity contribution in [2.75, 3.05) is 0 Å². The molecule has 2 aromatic carbocycles. The Balaban J connectivity index is 0.000000272. The number of aryl methyl sites for hydroxylation is 1. The number of phenols is 1. The van der Waals surface area contributed by atoms with Crippen molar-refractivity contribution in [3.8, 4) is 5.75 Å². The fourth-order valence-corrected chi connectivity index (χ4v) is 1.46. The molecule has 20 heavy (non-hydrogen) atoms. The third kappa shape index (κ3) is 12.7. The Kier molecular flexibility index (Phi) is 12.5. The van der Waals surface area contributed by atoms with Crippen LogP contribution in [0, 0.1) is 6.92 Å². The highest BCUT2D eigenvalue weighted by Gasteiger charge is 1.75.